The summed E-state index contributed by atoms with van der Waals surface area (Å²) in [6.07, 6.45) is 71.0. The van der Waals surface area contributed by atoms with Crippen molar-refractivity contribution in [1.29, 1.82) is 0 Å². The number of unbranched alkanes of at least 4 members (excludes halogenated alkanes) is 20. The molecule has 73 heavy (non-hydrogen) atoms. The van der Waals surface area contributed by atoms with Crippen LogP contribution in [-0.2, 0) is 27.9 Å². The zero-order chi connectivity index (χ0) is 53.6. The van der Waals surface area contributed by atoms with E-state index in [1.54, 1.807) is 0 Å². The largest absolute Gasteiger partial charge is 0.472 e. The zero-order valence-corrected chi connectivity index (χ0v) is 48.5. The summed E-state index contributed by atoms with van der Waals surface area (Å²) in [6.45, 7) is 6.80. The van der Waals surface area contributed by atoms with Gasteiger partial charge in [-0.05, 0) is 96.0 Å². The summed E-state index contributed by atoms with van der Waals surface area (Å²) in [4.78, 5) is 37.6. The van der Waals surface area contributed by atoms with E-state index in [2.05, 4.69) is 111 Å². The van der Waals surface area contributed by atoms with Crippen LogP contribution in [-0.4, -0.2) is 74.3 Å². The van der Waals surface area contributed by atoms with Gasteiger partial charge in [0.15, 0.2) is 0 Å². The first-order valence-electron chi connectivity index (χ1n) is 29.2. The van der Waals surface area contributed by atoms with E-state index in [1.165, 1.54) is 96.3 Å². The summed E-state index contributed by atoms with van der Waals surface area (Å²) in [5.74, 6) is -0.641. The molecule has 0 fully saturated rings. The predicted octanol–water partition coefficient (Wildman–Crippen LogP) is 17.8. The summed E-state index contributed by atoms with van der Waals surface area (Å²) in [5.41, 5.74) is 0. The lowest BCUT2D eigenvalue weighted by atomic mass is 10.1. The van der Waals surface area contributed by atoms with E-state index in [0.29, 0.717) is 23.9 Å². The number of nitrogens with zero attached hydrogens (tertiary/aromatic N) is 1. The van der Waals surface area contributed by atoms with Crippen LogP contribution < -0.4 is 5.32 Å². The van der Waals surface area contributed by atoms with Crippen molar-refractivity contribution >= 4 is 19.7 Å². The first kappa shape index (κ1) is 69.7. The van der Waals surface area contributed by atoms with Crippen LogP contribution in [0.25, 0.3) is 0 Å². The van der Waals surface area contributed by atoms with Gasteiger partial charge in [-0.15, -0.1) is 0 Å². The summed E-state index contributed by atoms with van der Waals surface area (Å²) in [7, 11) is 1.43. The van der Waals surface area contributed by atoms with E-state index in [1.807, 2.05) is 45.4 Å². The maximum Gasteiger partial charge on any atom is 0.472 e. The van der Waals surface area contributed by atoms with Crippen molar-refractivity contribution in [1.82, 2.24) is 5.32 Å². The molecule has 0 radical (unpaired) electrons. The fourth-order valence-electron chi connectivity index (χ4n) is 7.72. The van der Waals surface area contributed by atoms with Crippen LogP contribution in [0.1, 0.15) is 226 Å². The highest BCUT2D eigenvalue weighted by molar-refractivity contribution is 7.47. The number of carbonyl (C=O) groups excluding carboxylic acids is 2. The smallest absolute Gasteiger partial charge is 0.456 e. The number of esters is 1. The molecule has 0 aliphatic carbocycles. The molecule has 0 aromatic carbocycles. The van der Waals surface area contributed by atoms with E-state index in [0.717, 1.165) is 83.5 Å². The quantitative estimate of drug-likeness (QED) is 0.0156. The van der Waals surface area contributed by atoms with Crippen molar-refractivity contribution < 1.29 is 37.3 Å². The third kappa shape index (κ3) is 53.3. The highest BCUT2D eigenvalue weighted by Gasteiger charge is 2.30. The molecule has 0 aliphatic heterocycles. The number of allylic oxidation sites excluding steroid dienone is 17. The lowest BCUT2D eigenvalue weighted by Gasteiger charge is -2.27. The Morgan fingerprint density at radius 3 is 1.40 bits per heavy atom. The molecule has 0 aliphatic rings. The van der Waals surface area contributed by atoms with Crippen LogP contribution in [0.3, 0.4) is 0 Å². The van der Waals surface area contributed by atoms with Crippen LogP contribution in [0.2, 0.25) is 0 Å². The maximum atomic E-state index is 13.5. The molecular weight excluding hydrogens is 928 g/mol. The van der Waals surface area contributed by atoms with Crippen molar-refractivity contribution in [2.75, 3.05) is 40.9 Å². The Bertz CT molecular complexity index is 1620. The second-order valence-electron chi connectivity index (χ2n) is 20.5. The van der Waals surface area contributed by atoms with E-state index in [9.17, 15) is 19.0 Å². The molecular formula is C63H110N2O7P+. The van der Waals surface area contributed by atoms with Crippen molar-refractivity contribution in [2.24, 2.45) is 0 Å². The van der Waals surface area contributed by atoms with Gasteiger partial charge in [-0.2, -0.15) is 0 Å². The second-order valence-corrected chi connectivity index (χ2v) is 21.9. The van der Waals surface area contributed by atoms with Crippen molar-refractivity contribution in [3.8, 4) is 0 Å². The normalized spacial score (nSPS) is 14.6. The number of quaternary nitrogens is 1. The molecule has 3 unspecified atom stereocenters. The summed E-state index contributed by atoms with van der Waals surface area (Å²) >= 11 is 0. The molecule has 9 nitrogen and oxygen atoms in total. The Hall–Kier alpha value is -3.33. The molecule has 418 valence electrons. The summed E-state index contributed by atoms with van der Waals surface area (Å²) in [6, 6.07) is -0.899. The number of hydrogen-bond donors (Lipinski definition) is 2. The number of likely N-dealkylation sites (N-methyl/N-ethyl adjacent to an activating group) is 1. The van der Waals surface area contributed by atoms with Gasteiger partial charge in [0, 0.05) is 12.8 Å². The molecule has 0 heterocycles. The molecule has 10 heteroatoms. The van der Waals surface area contributed by atoms with E-state index < -0.39 is 25.9 Å². The minimum Gasteiger partial charge on any atom is -0.456 e. The van der Waals surface area contributed by atoms with Gasteiger partial charge in [0.1, 0.15) is 19.3 Å². The van der Waals surface area contributed by atoms with Crippen LogP contribution in [0, 0.1) is 0 Å². The lowest BCUT2D eigenvalue weighted by molar-refractivity contribution is -0.870. The first-order chi connectivity index (χ1) is 35.4. The van der Waals surface area contributed by atoms with Crippen molar-refractivity contribution in [3.63, 3.8) is 0 Å². The fourth-order valence-corrected chi connectivity index (χ4v) is 8.46. The number of rotatable bonds is 51. The lowest BCUT2D eigenvalue weighted by Crippen LogP contribution is -2.47. The average Bonchev–Trinajstić information content (AvgIpc) is 3.35. The molecule has 0 spiro atoms. The van der Waals surface area contributed by atoms with Crippen LogP contribution in [0.4, 0.5) is 0 Å². The maximum absolute atomic E-state index is 13.5. The van der Waals surface area contributed by atoms with Crippen LogP contribution >= 0.6 is 7.82 Å². The average molecular weight is 1040 g/mol. The minimum atomic E-state index is -4.47. The summed E-state index contributed by atoms with van der Waals surface area (Å²) < 4.78 is 30.5. The van der Waals surface area contributed by atoms with E-state index in [-0.39, 0.29) is 32.0 Å². The molecule has 0 saturated heterocycles. The number of nitrogens with one attached hydrogen (secondary N) is 1. The highest BCUT2D eigenvalue weighted by Crippen LogP contribution is 2.43. The third-order valence-corrected chi connectivity index (χ3v) is 13.2. The predicted molar refractivity (Wildman–Crippen MR) is 313 cm³/mol. The number of hydrogen-bond acceptors (Lipinski definition) is 6. The van der Waals surface area contributed by atoms with Crippen LogP contribution in [0.15, 0.2) is 109 Å². The monoisotopic (exact) mass is 1040 g/mol. The van der Waals surface area contributed by atoms with E-state index in [4.69, 9.17) is 13.8 Å². The number of carbonyl (C=O) groups is 2. The van der Waals surface area contributed by atoms with Gasteiger partial charge >= 0.3 is 13.8 Å². The Morgan fingerprint density at radius 2 is 0.932 bits per heavy atom. The number of phosphoric acid groups is 1. The van der Waals surface area contributed by atoms with Gasteiger partial charge in [-0.25, -0.2) is 4.57 Å². The fraction of sp³-hybridized carbons (Fsp3) is 0.683. The van der Waals surface area contributed by atoms with Crippen molar-refractivity contribution in [3.05, 3.63) is 109 Å². The molecule has 0 bridgehead atoms. The Labute approximate surface area is 449 Å². The Balaban J connectivity index is 5.51. The summed E-state index contributed by atoms with van der Waals surface area (Å²) in [5, 5.41) is 3.01. The molecule has 0 aromatic rings. The van der Waals surface area contributed by atoms with E-state index >= 15 is 0 Å². The Morgan fingerprint density at radius 1 is 0.507 bits per heavy atom. The van der Waals surface area contributed by atoms with Gasteiger partial charge in [-0.3, -0.25) is 18.6 Å². The highest BCUT2D eigenvalue weighted by atomic mass is 31.2. The third-order valence-electron chi connectivity index (χ3n) is 12.2. The molecule has 0 saturated carbocycles. The van der Waals surface area contributed by atoms with Crippen LogP contribution in [0.5, 0.6) is 0 Å². The SMILES string of the molecule is CC/C=C\C/C=C\C/C=C\C/C=C\C/C=C\C/C=C\CCC(=O)OC(/C=C/CCCCCCCCCCCC)C(COP(=O)(O)OCC[N+](C)(C)C)NC(=O)CCCCC/C=C/C=C/CCCCCCCCC. The second kappa shape index (κ2) is 52.1. The van der Waals surface area contributed by atoms with Crippen molar-refractivity contribution in [2.45, 2.75) is 238 Å². The minimum absolute atomic E-state index is 0.0187. The van der Waals surface area contributed by atoms with Gasteiger partial charge in [0.05, 0.1) is 33.8 Å². The number of amides is 1. The number of phosphoric ester groups is 1. The van der Waals surface area contributed by atoms with Gasteiger partial charge in [0.25, 0.3) is 0 Å². The molecule has 2 N–H and O–H groups in total. The topological polar surface area (TPSA) is 111 Å². The van der Waals surface area contributed by atoms with Gasteiger partial charge < -0.3 is 19.4 Å². The molecule has 0 rings (SSSR count). The molecule has 0 aromatic heterocycles. The molecule has 1 amide bonds. The van der Waals surface area contributed by atoms with Gasteiger partial charge in [0.2, 0.25) is 5.91 Å². The first-order valence-corrected chi connectivity index (χ1v) is 30.7. The zero-order valence-electron chi connectivity index (χ0n) is 47.6. The van der Waals surface area contributed by atoms with Gasteiger partial charge in [-0.1, -0.05) is 227 Å². The molecule has 3 atom stereocenters. The Kier molecular flexibility index (Phi) is 49.7. The number of ether oxygens (including phenoxy) is 1. The standard InChI is InChI=1S/C63H109N2O7P/c1-7-10-13-16-19-22-25-28-30-32-33-34-36-38-41-44-47-50-53-56-63(67)72-61(54-51-48-45-42-39-27-24-21-18-15-12-9-3)60(59-71-73(68,69)70-58-57-65(4,5)6)64-62(66)55-52-49-46-43-40-37-35-31-29-26-23-20-17-14-11-8-2/h10,13,19,22,28,30-31,33-35,37-38,40-41,47,50-51,54,60-61H,7-9,11-12,14-18,20-21,23-27,29,32,36,39,42-46,48-49,52-53,55-59H2,1-6H3,(H-,64,66,68,69)/p+1/b13-10-,22-19-,30-28-,34-33-,35-31+,40-37+,41-38-,50-47-,54-51+.